The van der Waals surface area contributed by atoms with Crippen LogP contribution in [-0.2, 0) is 0 Å². The van der Waals surface area contributed by atoms with Crippen molar-refractivity contribution in [3.63, 3.8) is 0 Å². The first-order chi connectivity index (χ1) is 5.65. The molecule has 5 nitrogen and oxygen atoms in total. The molecule has 0 aromatic carbocycles. The number of nitro groups is 1. The molecule has 0 aliphatic rings. The van der Waals surface area contributed by atoms with E-state index >= 15 is 0 Å². The number of oxime groups is 1. The Morgan fingerprint density at radius 3 is 3.00 bits per heavy atom. The zero-order chi connectivity index (χ0) is 9.14. The van der Waals surface area contributed by atoms with Crippen molar-refractivity contribution in [1.29, 1.82) is 0 Å². The molecule has 1 aromatic heterocycles. The Morgan fingerprint density at radius 1 is 1.83 bits per heavy atom. The zero-order valence-corrected chi connectivity index (χ0v) is 8.00. The average Bonchev–Trinajstić information content (AvgIpc) is 2.32. The summed E-state index contributed by atoms with van der Waals surface area (Å²) in [6.45, 7) is 0. The van der Waals surface area contributed by atoms with Crippen LogP contribution in [0.1, 0.15) is 5.56 Å². The van der Waals surface area contributed by atoms with Gasteiger partial charge >= 0.3 is 5.00 Å². The minimum Gasteiger partial charge on any atom is -0.411 e. The van der Waals surface area contributed by atoms with Crippen LogP contribution >= 0.6 is 27.3 Å². The van der Waals surface area contributed by atoms with Gasteiger partial charge in [0.15, 0.2) is 0 Å². The summed E-state index contributed by atoms with van der Waals surface area (Å²) in [5.41, 5.74) is 0.291. The van der Waals surface area contributed by atoms with E-state index in [4.69, 9.17) is 5.21 Å². The fraction of sp³-hybridized carbons (Fsp3) is 0. The number of halogens is 1. The molecule has 0 saturated heterocycles. The maximum absolute atomic E-state index is 10.4. The molecule has 7 heteroatoms. The highest BCUT2D eigenvalue weighted by Crippen LogP contribution is 2.32. The maximum Gasteiger partial charge on any atom is 0.334 e. The molecule has 0 bridgehead atoms. The highest BCUT2D eigenvalue weighted by atomic mass is 79.9. The van der Waals surface area contributed by atoms with Gasteiger partial charge in [0.25, 0.3) is 0 Å². The van der Waals surface area contributed by atoms with Crippen molar-refractivity contribution >= 4 is 38.5 Å². The molecule has 0 unspecified atom stereocenters. The van der Waals surface area contributed by atoms with Crippen LogP contribution in [0.4, 0.5) is 5.00 Å². The highest BCUT2D eigenvalue weighted by Gasteiger charge is 2.16. The van der Waals surface area contributed by atoms with Crippen LogP contribution in [-0.4, -0.2) is 16.3 Å². The van der Waals surface area contributed by atoms with Crippen LogP contribution in [0.25, 0.3) is 0 Å². The fourth-order valence-electron chi connectivity index (χ4n) is 0.662. The summed E-state index contributed by atoms with van der Waals surface area (Å²) in [5.74, 6) is 0. The number of nitrogens with zero attached hydrogens (tertiary/aromatic N) is 2. The van der Waals surface area contributed by atoms with Crippen molar-refractivity contribution < 1.29 is 10.1 Å². The van der Waals surface area contributed by atoms with Gasteiger partial charge in [-0.15, -0.1) is 0 Å². The van der Waals surface area contributed by atoms with Crippen LogP contribution in [0.2, 0.25) is 0 Å². The molecule has 1 heterocycles. The van der Waals surface area contributed by atoms with E-state index in [-0.39, 0.29) is 5.00 Å². The summed E-state index contributed by atoms with van der Waals surface area (Å²) in [7, 11) is 0. The van der Waals surface area contributed by atoms with Gasteiger partial charge in [-0.3, -0.25) is 10.1 Å². The Bertz CT molecular complexity index is 335. The first kappa shape index (κ1) is 9.14. The first-order valence-corrected chi connectivity index (χ1v) is 4.37. The van der Waals surface area contributed by atoms with Gasteiger partial charge in [0.2, 0.25) is 0 Å². The van der Waals surface area contributed by atoms with Gasteiger partial charge in [-0.25, -0.2) is 0 Å². The minimum absolute atomic E-state index is 0.0420. The van der Waals surface area contributed by atoms with Gasteiger partial charge in [0, 0.05) is 0 Å². The molecular formula is C5H3BrN2O3S. The lowest BCUT2D eigenvalue weighted by Crippen LogP contribution is -1.88. The molecule has 0 saturated carbocycles. The molecular weight excluding hydrogens is 248 g/mol. The summed E-state index contributed by atoms with van der Waals surface area (Å²) < 4.78 is 0.629. The normalized spacial score (nSPS) is 10.8. The van der Waals surface area contributed by atoms with Crippen LogP contribution in [0.3, 0.4) is 0 Å². The molecule has 0 fully saturated rings. The molecule has 64 valence electrons. The van der Waals surface area contributed by atoms with Gasteiger partial charge in [-0.2, -0.15) is 0 Å². The summed E-state index contributed by atoms with van der Waals surface area (Å²) in [6, 6.07) is 1.52. The maximum atomic E-state index is 10.4. The van der Waals surface area contributed by atoms with Crippen molar-refractivity contribution in [1.82, 2.24) is 0 Å². The summed E-state index contributed by atoms with van der Waals surface area (Å²) in [5, 5.41) is 21.2. The van der Waals surface area contributed by atoms with Crippen molar-refractivity contribution in [3.8, 4) is 0 Å². The second-order valence-electron chi connectivity index (χ2n) is 1.81. The predicted octanol–water partition coefficient (Wildman–Crippen LogP) is 2.23. The Labute approximate surface area is 79.6 Å². The molecule has 1 N–H and O–H groups in total. The molecule has 0 atom stereocenters. The third-order valence-electron chi connectivity index (χ3n) is 1.07. The van der Waals surface area contributed by atoms with Crippen molar-refractivity contribution in [2.75, 3.05) is 0 Å². The van der Waals surface area contributed by atoms with Crippen LogP contribution in [0.15, 0.2) is 15.0 Å². The van der Waals surface area contributed by atoms with Crippen LogP contribution in [0.5, 0.6) is 0 Å². The number of rotatable bonds is 2. The minimum atomic E-state index is -0.521. The molecule has 0 radical (unpaired) electrons. The quantitative estimate of drug-likeness (QED) is 0.379. The first-order valence-electron chi connectivity index (χ1n) is 2.76. The number of thiophene rings is 1. The van der Waals surface area contributed by atoms with Gasteiger partial charge < -0.3 is 5.21 Å². The van der Waals surface area contributed by atoms with Gasteiger partial charge in [0.05, 0.1) is 20.5 Å². The lowest BCUT2D eigenvalue weighted by Gasteiger charge is -1.84. The van der Waals surface area contributed by atoms with Crippen molar-refractivity contribution in [3.05, 3.63) is 25.5 Å². The highest BCUT2D eigenvalue weighted by molar-refractivity contribution is 9.11. The van der Waals surface area contributed by atoms with Crippen molar-refractivity contribution in [2.45, 2.75) is 0 Å². The van der Waals surface area contributed by atoms with E-state index in [0.717, 1.165) is 17.6 Å². The van der Waals surface area contributed by atoms with Gasteiger partial charge in [0.1, 0.15) is 0 Å². The lowest BCUT2D eigenvalue weighted by atomic mass is 10.3. The average molecular weight is 251 g/mol. The molecule has 0 amide bonds. The monoisotopic (exact) mass is 250 g/mol. The number of hydrogen-bond donors (Lipinski definition) is 1. The molecule has 12 heavy (non-hydrogen) atoms. The van der Waals surface area contributed by atoms with Crippen molar-refractivity contribution in [2.24, 2.45) is 5.16 Å². The zero-order valence-electron chi connectivity index (χ0n) is 5.60. The topological polar surface area (TPSA) is 75.7 Å². The van der Waals surface area contributed by atoms with E-state index in [0.29, 0.717) is 9.35 Å². The van der Waals surface area contributed by atoms with E-state index in [1.54, 1.807) is 0 Å². The van der Waals surface area contributed by atoms with Crippen LogP contribution in [0, 0.1) is 10.1 Å². The Kier molecular flexibility index (Phi) is 2.77. The largest absolute Gasteiger partial charge is 0.411 e. The third kappa shape index (κ3) is 1.80. The predicted molar refractivity (Wildman–Crippen MR) is 48.1 cm³/mol. The molecule has 0 spiro atoms. The second-order valence-corrected chi connectivity index (χ2v) is 4.22. The van der Waals surface area contributed by atoms with Gasteiger partial charge in [-0.05, 0) is 22.0 Å². The Morgan fingerprint density at radius 2 is 2.50 bits per heavy atom. The summed E-state index contributed by atoms with van der Waals surface area (Å²) in [6.07, 6.45) is 1.03. The Balaban J connectivity index is 3.17. The van der Waals surface area contributed by atoms with Gasteiger partial charge in [-0.1, -0.05) is 16.5 Å². The standard InChI is InChI=1S/C5H3BrN2O3S/c6-4-1-3(2-7-9)5(12-4)8(10)11/h1-2,9H. The smallest absolute Gasteiger partial charge is 0.334 e. The summed E-state index contributed by atoms with van der Waals surface area (Å²) >= 11 is 4.07. The fourth-order valence-corrected chi connectivity index (χ4v) is 2.04. The van der Waals surface area contributed by atoms with Crippen LogP contribution < -0.4 is 0 Å². The molecule has 0 aliphatic heterocycles. The SMILES string of the molecule is O=[N+]([O-])c1sc(Br)cc1C=NO. The second kappa shape index (κ2) is 3.63. The van der Waals surface area contributed by atoms with E-state index in [1.165, 1.54) is 6.07 Å². The lowest BCUT2D eigenvalue weighted by molar-refractivity contribution is -0.380. The molecule has 0 aliphatic carbocycles. The molecule has 1 aromatic rings. The van der Waals surface area contributed by atoms with E-state index < -0.39 is 4.92 Å². The Hall–Kier alpha value is -0.950. The van der Waals surface area contributed by atoms with E-state index in [1.807, 2.05) is 0 Å². The summed E-state index contributed by atoms with van der Waals surface area (Å²) in [4.78, 5) is 9.84. The number of hydrogen-bond acceptors (Lipinski definition) is 5. The van der Waals surface area contributed by atoms with E-state index in [2.05, 4.69) is 21.1 Å². The third-order valence-corrected chi connectivity index (χ3v) is 2.68. The van der Waals surface area contributed by atoms with E-state index in [9.17, 15) is 10.1 Å². The molecule has 1 rings (SSSR count).